The quantitative estimate of drug-likeness (QED) is 0.206. The van der Waals surface area contributed by atoms with Crippen LogP contribution in [0.5, 0.6) is 11.5 Å². The van der Waals surface area contributed by atoms with Crippen molar-refractivity contribution in [2.24, 2.45) is 9.98 Å². The van der Waals surface area contributed by atoms with Crippen LogP contribution in [0.1, 0.15) is 45.1 Å². The van der Waals surface area contributed by atoms with E-state index >= 15 is 0 Å². The molecule has 1 aliphatic carbocycles. The summed E-state index contributed by atoms with van der Waals surface area (Å²) < 4.78 is 13.3. The molecular formula is C46H29N3O2. The van der Waals surface area contributed by atoms with E-state index in [-0.39, 0.29) is 6.17 Å². The number of rotatable bonds is 3. The van der Waals surface area contributed by atoms with Gasteiger partial charge in [0, 0.05) is 33.0 Å². The summed E-state index contributed by atoms with van der Waals surface area (Å²) in [5, 5.41) is 5.86. The van der Waals surface area contributed by atoms with E-state index in [2.05, 4.69) is 121 Å². The van der Waals surface area contributed by atoms with Crippen LogP contribution in [0.3, 0.4) is 0 Å². The summed E-state index contributed by atoms with van der Waals surface area (Å²) in [7, 11) is 0. The first-order valence-corrected chi connectivity index (χ1v) is 17.3. The van der Waals surface area contributed by atoms with E-state index < -0.39 is 5.41 Å². The Morgan fingerprint density at radius 3 is 2.12 bits per heavy atom. The van der Waals surface area contributed by atoms with Gasteiger partial charge in [-0.3, -0.25) is 0 Å². The van der Waals surface area contributed by atoms with Crippen molar-refractivity contribution in [3.63, 3.8) is 0 Å². The second-order valence-electron chi connectivity index (χ2n) is 13.3. The molecule has 11 rings (SSSR count). The molecule has 0 amide bonds. The highest BCUT2D eigenvalue weighted by molar-refractivity contribution is 6.13. The van der Waals surface area contributed by atoms with Crippen LogP contribution in [0.2, 0.25) is 0 Å². The number of amidine groups is 2. The fraction of sp³-hybridized carbons (Fsp3) is 0.0435. The van der Waals surface area contributed by atoms with Crippen molar-refractivity contribution in [3.05, 3.63) is 203 Å². The molecular weight excluding hydrogens is 627 g/mol. The Balaban J connectivity index is 1.14. The van der Waals surface area contributed by atoms with Gasteiger partial charge in [-0.15, -0.1) is 0 Å². The van der Waals surface area contributed by atoms with Crippen LogP contribution >= 0.6 is 0 Å². The van der Waals surface area contributed by atoms with E-state index in [0.29, 0.717) is 5.84 Å². The van der Waals surface area contributed by atoms with Gasteiger partial charge >= 0.3 is 0 Å². The van der Waals surface area contributed by atoms with Crippen LogP contribution in [0.25, 0.3) is 33.1 Å². The molecule has 5 heteroatoms. The third-order valence-corrected chi connectivity index (χ3v) is 10.6. The number of fused-ring (bicyclic) bond motifs is 12. The van der Waals surface area contributed by atoms with Gasteiger partial charge in [0.1, 0.15) is 34.7 Å². The van der Waals surface area contributed by atoms with Crippen LogP contribution < -0.4 is 10.1 Å². The fourth-order valence-electron chi connectivity index (χ4n) is 8.39. The summed E-state index contributed by atoms with van der Waals surface area (Å²) in [5.41, 5.74) is 11.2. The number of nitrogens with one attached hydrogen (secondary N) is 1. The lowest BCUT2D eigenvalue weighted by atomic mass is 9.66. The summed E-state index contributed by atoms with van der Waals surface area (Å²) in [6.45, 7) is 0. The topological polar surface area (TPSA) is 59.1 Å². The Morgan fingerprint density at radius 2 is 1.24 bits per heavy atom. The lowest BCUT2D eigenvalue weighted by Gasteiger charge is -2.39. The van der Waals surface area contributed by atoms with Gasteiger partial charge in [-0.2, -0.15) is 0 Å². The molecule has 3 heterocycles. The Kier molecular flexibility index (Phi) is 5.87. The van der Waals surface area contributed by atoms with Crippen molar-refractivity contribution in [1.82, 2.24) is 5.32 Å². The van der Waals surface area contributed by atoms with Gasteiger partial charge in [-0.25, -0.2) is 9.98 Å². The Bertz CT molecular complexity index is 2760. The molecule has 2 unspecified atom stereocenters. The smallest absolute Gasteiger partial charge is 0.159 e. The van der Waals surface area contributed by atoms with Gasteiger partial charge in [0.2, 0.25) is 0 Å². The molecule has 1 N–H and O–H groups in total. The maximum absolute atomic E-state index is 6.86. The lowest BCUT2D eigenvalue weighted by Crippen LogP contribution is -2.34. The molecule has 51 heavy (non-hydrogen) atoms. The number of para-hydroxylation sites is 2. The summed E-state index contributed by atoms with van der Waals surface area (Å²) in [5.74, 6) is 3.08. The van der Waals surface area contributed by atoms with E-state index in [1.54, 1.807) is 0 Å². The Hall–Kier alpha value is -6.72. The zero-order valence-electron chi connectivity index (χ0n) is 27.4. The second-order valence-corrected chi connectivity index (χ2v) is 13.3. The molecule has 240 valence electrons. The number of nitrogens with zero attached hydrogens (tertiary/aromatic N) is 2. The minimum atomic E-state index is -0.605. The zero-order chi connectivity index (χ0) is 33.5. The predicted octanol–water partition coefficient (Wildman–Crippen LogP) is 10.6. The minimum Gasteiger partial charge on any atom is -0.457 e. The average molecular weight is 656 g/mol. The van der Waals surface area contributed by atoms with Gasteiger partial charge in [0.15, 0.2) is 5.84 Å². The standard InChI is InChI=1S/C46H29N3O2/c1-3-13-28(14-4-1)43-47-44(29-15-5-2-6-16-29)49-45(48-43)30-23-24-37-42(25-30)51-40-22-12-10-20-36(40)46(37)35-19-9-7-17-31(35)33-27-41-34(26-38(33)46)32-18-8-11-21-39(32)50-41/h1-27,43H,(H,47,48,49). The number of aliphatic imine (C=N–C) groups is 2. The average Bonchev–Trinajstić information content (AvgIpc) is 3.70. The fourth-order valence-corrected chi connectivity index (χ4v) is 8.39. The summed E-state index contributed by atoms with van der Waals surface area (Å²) in [6, 6.07) is 57.2. The molecule has 8 aromatic rings. The highest BCUT2D eigenvalue weighted by atomic mass is 16.5. The monoisotopic (exact) mass is 655 g/mol. The first kappa shape index (κ1) is 28.2. The molecule has 2 atom stereocenters. The SMILES string of the molecule is c1ccc(C2=NC(c3ccccc3)NC(c3ccc4c(c3)Oc3ccccc3C43c4ccccc4-c4cc5oc6ccccc6c5cc43)=N2)cc1. The second kappa shape index (κ2) is 10.6. The molecule has 0 fully saturated rings. The van der Waals surface area contributed by atoms with E-state index in [9.17, 15) is 0 Å². The summed E-state index contributed by atoms with van der Waals surface area (Å²) in [4.78, 5) is 10.1. The number of hydrogen-bond acceptors (Lipinski definition) is 5. The van der Waals surface area contributed by atoms with Gasteiger partial charge in [-0.05, 0) is 58.1 Å². The normalized spacial score (nSPS) is 18.2. The molecule has 5 nitrogen and oxygen atoms in total. The van der Waals surface area contributed by atoms with Crippen LogP contribution in [0.15, 0.2) is 178 Å². The highest BCUT2D eigenvalue weighted by Gasteiger charge is 2.51. The molecule has 1 spiro atoms. The molecule has 1 aromatic heterocycles. The van der Waals surface area contributed by atoms with Crippen LogP contribution in [0, 0.1) is 0 Å². The molecule has 7 aromatic carbocycles. The number of furan rings is 1. The van der Waals surface area contributed by atoms with Crippen LogP contribution in [-0.2, 0) is 5.41 Å². The van der Waals surface area contributed by atoms with Crippen molar-refractivity contribution in [2.45, 2.75) is 11.6 Å². The molecule has 0 saturated heterocycles. The maximum atomic E-state index is 6.86. The van der Waals surface area contributed by atoms with E-state index in [4.69, 9.17) is 19.1 Å². The van der Waals surface area contributed by atoms with E-state index in [1.165, 1.54) is 22.3 Å². The summed E-state index contributed by atoms with van der Waals surface area (Å²) >= 11 is 0. The third-order valence-electron chi connectivity index (χ3n) is 10.6. The zero-order valence-corrected chi connectivity index (χ0v) is 27.4. The van der Waals surface area contributed by atoms with Crippen molar-refractivity contribution in [1.29, 1.82) is 0 Å². The highest BCUT2D eigenvalue weighted by Crippen LogP contribution is 2.62. The van der Waals surface area contributed by atoms with Gasteiger partial charge < -0.3 is 14.5 Å². The van der Waals surface area contributed by atoms with Gasteiger partial charge in [-0.1, -0.05) is 133 Å². The van der Waals surface area contributed by atoms with Crippen LogP contribution in [0.4, 0.5) is 0 Å². The molecule has 3 aliphatic rings. The van der Waals surface area contributed by atoms with Crippen molar-refractivity contribution in [2.75, 3.05) is 0 Å². The third kappa shape index (κ3) is 4.03. The van der Waals surface area contributed by atoms with Gasteiger partial charge in [0.05, 0.1) is 5.41 Å². The molecule has 2 aliphatic heterocycles. The van der Waals surface area contributed by atoms with Gasteiger partial charge in [0.25, 0.3) is 0 Å². The molecule has 0 radical (unpaired) electrons. The van der Waals surface area contributed by atoms with Crippen molar-refractivity contribution < 1.29 is 9.15 Å². The van der Waals surface area contributed by atoms with E-state index in [0.717, 1.165) is 67.1 Å². The maximum Gasteiger partial charge on any atom is 0.159 e. The summed E-state index contributed by atoms with van der Waals surface area (Å²) in [6.07, 6.45) is -0.293. The Labute approximate surface area is 294 Å². The number of hydrogen-bond donors (Lipinski definition) is 1. The predicted molar refractivity (Wildman–Crippen MR) is 203 cm³/mol. The number of ether oxygens (including phenoxy) is 1. The molecule has 0 bridgehead atoms. The number of benzene rings is 7. The largest absolute Gasteiger partial charge is 0.457 e. The minimum absolute atomic E-state index is 0.293. The van der Waals surface area contributed by atoms with Crippen LogP contribution in [-0.4, -0.2) is 11.7 Å². The van der Waals surface area contributed by atoms with E-state index in [1.807, 2.05) is 48.5 Å². The first-order valence-electron chi connectivity index (χ1n) is 17.3. The Morgan fingerprint density at radius 1 is 0.510 bits per heavy atom. The van der Waals surface area contributed by atoms with Crippen molar-refractivity contribution >= 4 is 33.6 Å². The lowest BCUT2D eigenvalue weighted by molar-refractivity contribution is 0.436. The van der Waals surface area contributed by atoms with Crippen molar-refractivity contribution in [3.8, 4) is 22.6 Å². The molecule has 0 saturated carbocycles. The first-order chi connectivity index (χ1) is 25.3.